The molecule has 0 atom stereocenters. The number of hydrogen-bond acceptors (Lipinski definition) is 0. The van der Waals surface area contributed by atoms with Crippen LogP contribution in [0, 0.1) is 0 Å². The maximum Gasteiger partial charge on any atom is 0.256 e. The van der Waals surface area contributed by atoms with Crippen LogP contribution in [0.3, 0.4) is 0 Å². The minimum absolute atomic E-state index is 1.22. The topological polar surface area (TPSA) is 8.81 Å². The average molecular weight is 658 g/mol. The van der Waals surface area contributed by atoms with Gasteiger partial charge in [-0.1, -0.05) is 220 Å². The van der Waals surface area contributed by atoms with Gasteiger partial charge in [-0.25, -0.2) is 9.13 Å². The van der Waals surface area contributed by atoms with Gasteiger partial charge in [-0.15, -0.1) is 0 Å². The van der Waals surface area contributed by atoms with E-state index in [9.17, 15) is 0 Å². The Labute approximate surface area is 298 Å². The van der Waals surface area contributed by atoms with E-state index in [1.165, 1.54) is 251 Å². The molecule has 2 heteroatoms. The van der Waals surface area contributed by atoms with Gasteiger partial charge < -0.3 is 0 Å². The molecule has 0 aliphatic heterocycles. The van der Waals surface area contributed by atoms with Gasteiger partial charge in [0.15, 0.2) is 0 Å². The highest BCUT2D eigenvalue weighted by Gasteiger charge is 2.16. The highest BCUT2D eigenvalue weighted by atomic mass is 15.1. The van der Waals surface area contributed by atoms with Crippen molar-refractivity contribution in [1.82, 2.24) is 4.57 Å². The second-order valence-electron chi connectivity index (χ2n) is 15.5. The fraction of sp³-hybridized carbons (Fsp3) is 0.933. The van der Waals surface area contributed by atoms with Crippen LogP contribution in [0.5, 0.6) is 0 Å². The van der Waals surface area contributed by atoms with E-state index in [0.29, 0.717) is 0 Å². The van der Waals surface area contributed by atoms with Gasteiger partial charge in [0.1, 0.15) is 12.4 Å². The van der Waals surface area contributed by atoms with Gasteiger partial charge in [-0.3, -0.25) is 0 Å². The van der Waals surface area contributed by atoms with Crippen LogP contribution in [0.4, 0.5) is 0 Å². The van der Waals surface area contributed by atoms with Crippen molar-refractivity contribution in [2.24, 2.45) is 0 Å². The maximum atomic E-state index is 2.63. The third-order valence-electron chi connectivity index (χ3n) is 10.8. The van der Waals surface area contributed by atoms with E-state index in [1.54, 1.807) is 5.82 Å². The summed E-state index contributed by atoms with van der Waals surface area (Å²) >= 11 is 0. The van der Waals surface area contributed by atoms with Crippen LogP contribution < -0.4 is 4.57 Å². The standard InChI is InChI=1S/C45H89N2/c1-4-7-10-12-14-16-18-20-22-24-26-28-30-32-34-36-39-42-47-44-43-46(41-38-9-6-3)45(47)40-37-35-33-31-29-27-25-23-21-19-17-15-13-11-8-5-2/h43-44H,4-42H2,1-3H3/q+1. The third-order valence-corrected chi connectivity index (χ3v) is 10.8. The van der Waals surface area contributed by atoms with E-state index in [2.05, 4.69) is 42.3 Å². The van der Waals surface area contributed by atoms with Gasteiger partial charge in [-0.2, -0.15) is 0 Å². The Kier molecular flexibility index (Phi) is 34.3. The summed E-state index contributed by atoms with van der Waals surface area (Å²) in [6.45, 7) is 9.39. The van der Waals surface area contributed by atoms with Crippen molar-refractivity contribution in [3.8, 4) is 0 Å². The Morgan fingerprint density at radius 2 is 0.660 bits per heavy atom. The lowest BCUT2D eigenvalue weighted by Gasteiger charge is -2.07. The van der Waals surface area contributed by atoms with Crippen LogP contribution in [-0.2, 0) is 19.5 Å². The van der Waals surface area contributed by atoms with Crippen molar-refractivity contribution < 1.29 is 4.57 Å². The molecule has 0 saturated heterocycles. The Bertz CT molecular complexity index is 722. The first-order valence-corrected chi connectivity index (χ1v) is 22.4. The summed E-state index contributed by atoms with van der Waals surface area (Å²) in [5, 5.41) is 0. The summed E-state index contributed by atoms with van der Waals surface area (Å²) in [6, 6.07) is 0. The van der Waals surface area contributed by atoms with Crippen molar-refractivity contribution in [1.29, 1.82) is 0 Å². The van der Waals surface area contributed by atoms with Gasteiger partial charge in [0, 0.05) is 6.42 Å². The van der Waals surface area contributed by atoms with Gasteiger partial charge in [-0.05, 0) is 32.1 Å². The zero-order valence-corrected chi connectivity index (χ0v) is 33.1. The summed E-state index contributed by atoms with van der Waals surface area (Å²) in [5.41, 5.74) is 0. The van der Waals surface area contributed by atoms with E-state index in [4.69, 9.17) is 0 Å². The molecule has 0 aliphatic rings. The molecule has 1 heterocycles. The first-order chi connectivity index (χ1) is 23.3. The highest BCUT2D eigenvalue weighted by Crippen LogP contribution is 2.16. The number of rotatable bonds is 39. The second-order valence-corrected chi connectivity index (χ2v) is 15.5. The van der Waals surface area contributed by atoms with Gasteiger partial charge in [0.25, 0.3) is 5.82 Å². The average Bonchev–Trinajstić information content (AvgIpc) is 3.46. The molecule has 278 valence electrons. The first-order valence-electron chi connectivity index (χ1n) is 22.4. The lowest BCUT2D eigenvalue weighted by atomic mass is 10.0. The molecule has 1 aromatic rings. The number of nitrogens with zero attached hydrogens (tertiary/aromatic N) is 2. The molecule has 0 radical (unpaired) electrons. The normalized spacial score (nSPS) is 11.6. The van der Waals surface area contributed by atoms with E-state index in [-0.39, 0.29) is 0 Å². The molecule has 2 nitrogen and oxygen atoms in total. The number of imidazole rings is 1. The van der Waals surface area contributed by atoms with Crippen molar-refractivity contribution in [2.75, 3.05) is 0 Å². The predicted octanol–water partition coefficient (Wildman–Crippen LogP) is 15.4. The first kappa shape index (κ1) is 44.2. The molecule has 0 saturated carbocycles. The monoisotopic (exact) mass is 658 g/mol. The number of aryl methyl sites for hydroxylation is 2. The highest BCUT2D eigenvalue weighted by molar-refractivity contribution is 4.84. The molecule has 0 spiro atoms. The largest absolute Gasteiger partial charge is 0.256 e. The van der Waals surface area contributed by atoms with E-state index in [0.717, 1.165) is 0 Å². The molecule has 1 rings (SSSR count). The summed E-state index contributed by atoms with van der Waals surface area (Å²) in [4.78, 5) is 0. The fourth-order valence-corrected chi connectivity index (χ4v) is 7.56. The van der Waals surface area contributed by atoms with Gasteiger partial charge in [0.05, 0.1) is 13.1 Å². The van der Waals surface area contributed by atoms with Crippen molar-refractivity contribution in [3.63, 3.8) is 0 Å². The Morgan fingerprint density at radius 1 is 0.362 bits per heavy atom. The quantitative estimate of drug-likeness (QED) is 0.0492. The van der Waals surface area contributed by atoms with Crippen LogP contribution in [0.2, 0.25) is 0 Å². The van der Waals surface area contributed by atoms with Crippen LogP contribution >= 0.6 is 0 Å². The Balaban J connectivity index is 2.07. The zero-order valence-electron chi connectivity index (χ0n) is 33.1. The van der Waals surface area contributed by atoms with Crippen LogP contribution in [0.25, 0.3) is 0 Å². The Morgan fingerprint density at radius 3 is 1.02 bits per heavy atom. The second kappa shape index (κ2) is 36.5. The third kappa shape index (κ3) is 28.7. The summed E-state index contributed by atoms with van der Waals surface area (Å²) < 4.78 is 5.23. The molecule has 0 bridgehead atoms. The van der Waals surface area contributed by atoms with E-state index < -0.39 is 0 Å². The minimum Gasteiger partial charge on any atom is -0.234 e. The smallest absolute Gasteiger partial charge is 0.234 e. The van der Waals surface area contributed by atoms with Crippen molar-refractivity contribution in [2.45, 2.75) is 271 Å². The van der Waals surface area contributed by atoms with E-state index in [1.807, 2.05) is 0 Å². The van der Waals surface area contributed by atoms with Crippen LogP contribution in [0.1, 0.15) is 258 Å². The van der Waals surface area contributed by atoms with Gasteiger partial charge in [0.2, 0.25) is 0 Å². The van der Waals surface area contributed by atoms with E-state index >= 15 is 0 Å². The number of hydrogen-bond donors (Lipinski definition) is 0. The van der Waals surface area contributed by atoms with Crippen molar-refractivity contribution in [3.05, 3.63) is 18.2 Å². The molecule has 1 aromatic heterocycles. The minimum atomic E-state index is 1.22. The molecule has 0 fully saturated rings. The molecular weight excluding hydrogens is 569 g/mol. The number of unbranched alkanes of at least 4 members (excludes halogenated alkanes) is 33. The summed E-state index contributed by atoms with van der Waals surface area (Å²) in [6.07, 6.45) is 57.9. The lowest BCUT2D eigenvalue weighted by Crippen LogP contribution is -2.37. The molecule has 0 aliphatic carbocycles. The molecular formula is C45H89N2+. The number of aromatic nitrogens is 2. The fourth-order valence-electron chi connectivity index (χ4n) is 7.56. The summed E-state index contributed by atoms with van der Waals surface area (Å²) in [7, 11) is 0. The molecule has 0 amide bonds. The molecule has 47 heavy (non-hydrogen) atoms. The van der Waals surface area contributed by atoms with Crippen LogP contribution in [0.15, 0.2) is 12.4 Å². The van der Waals surface area contributed by atoms with Gasteiger partial charge >= 0.3 is 0 Å². The molecule has 0 aromatic carbocycles. The maximum absolute atomic E-state index is 2.63. The van der Waals surface area contributed by atoms with Crippen LogP contribution in [-0.4, -0.2) is 4.57 Å². The molecule has 0 N–H and O–H groups in total. The summed E-state index contributed by atoms with van der Waals surface area (Å²) in [5.74, 6) is 1.61. The molecule has 0 unspecified atom stereocenters. The predicted molar refractivity (Wildman–Crippen MR) is 212 cm³/mol. The SMILES string of the molecule is CCCCCCCCCCCCCCCCCCC[n+]1ccn(CCCCC)c1CCCCCCCCCCCCCCCCCC. The lowest BCUT2D eigenvalue weighted by molar-refractivity contribution is -0.704. The Hall–Kier alpha value is -0.790. The zero-order chi connectivity index (χ0) is 33.7. The van der Waals surface area contributed by atoms with Crippen molar-refractivity contribution >= 4 is 0 Å².